The Bertz CT molecular complexity index is 1810. The third kappa shape index (κ3) is 5.35. The highest BCUT2D eigenvalue weighted by molar-refractivity contribution is 7.90. The van der Waals surface area contributed by atoms with Crippen LogP contribution in [-0.2, 0) is 32.8 Å². The van der Waals surface area contributed by atoms with Gasteiger partial charge in [-0.3, -0.25) is 14.0 Å². The van der Waals surface area contributed by atoms with Gasteiger partial charge in [-0.15, -0.1) is 0 Å². The molecule has 2 atom stereocenters. The van der Waals surface area contributed by atoms with Crippen molar-refractivity contribution in [1.82, 2.24) is 24.3 Å². The molecule has 1 aliphatic carbocycles. The molecule has 11 heteroatoms. The van der Waals surface area contributed by atoms with E-state index in [1.807, 2.05) is 43.8 Å². The van der Waals surface area contributed by atoms with Gasteiger partial charge in [0.05, 0.1) is 27.7 Å². The maximum absolute atomic E-state index is 13.2. The van der Waals surface area contributed by atoms with E-state index in [4.69, 9.17) is 14.7 Å². The van der Waals surface area contributed by atoms with E-state index >= 15 is 0 Å². The Labute approximate surface area is 246 Å². The number of nitrogens with zero attached hydrogens (tertiary/aromatic N) is 5. The number of fused-ring (bicyclic) bond motifs is 1. The zero-order chi connectivity index (χ0) is 30.0. The van der Waals surface area contributed by atoms with Gasteiger partial charge in [0, 0.05) is 44.0 Å². The van der Waals surface area contributed by atoms with Crippen molar-refractivity contribution < 1.29 is 17.9 Å². The number of ketones is 1. The zero-order valence-corrected chi connectivity index (χ0v) is 25.9. The van der Waals surface area contributed by atoms with E-state index in [1.165, 1.54) is 6.26 Å². The molecule has 2 fully saturated rings. The van der Waals surface area contributed by atoms with Crippen LogP contribution in [0.2, 0.25) is 0 Å². The fourth-order valence-electron chi connectivity index (χ4n) is 6.12. The fraction of sp³-hybridized carbons (Fsp3) is 0.484. The van der Waals surface area contributed by atoms with Gasteiger partial charge in [-0.2, -0.15) is 5.10 Å². The predicted molar refractivity (Wildman–Crippen MR) is 161 cm³/mol. The van der Waals surface area contributed by atoms with Gasteiger partial charge in [0.1, 0.15) is 23.4 Å². The molecule has 42 heavy (non-hydrogen) atoms. The second kappa shape index (κ2) is 10.3. The van der Waals surface area contributed by atoms with Crippen LogP contribution in [0, 0.1) is 25.2 Å². The Balaban J connectivity index is 1.46. The third-order valence-corrected chi connectivity index (χ3v) is 9.65. The molecule has 222 valence electrons. The molecule has 10 nitrogen and oxygen atoms in total. The Morgan fingerprint density at radius 3 is 2.52 bits per heavy atom. The van der Waals surface area contributed by atoms with Gasteiger partial charge in [-0.1, -0.05) is 19.9 Å². The van der Waals surface area contributed by atoms with E-state index in [0.717, 1.165) is 42.8 Å². The van der Waals surface area contributed by atoms with E-state index in [9.17, 15) is 13.2 Å². The molecule has 6 rings (SSSR count). The lowest BCUT2D eigenvalue weighted by Gasteiger charge is -2.25. The average Bonchev–Trinajstić information content (AvgIpc) is 3.23. The van der Waals surface area contributed by atoms with Crippen LogP contribution in [0.3, 0.4) is 0 Å². The van der Waals surface area contributed by atoms with Crippen molar-refractivity contribution in [2.75, 3.05) is 18.2 Å². The topological polar surface area (TPSA) is 121 Å². The van der Waals surface area contributed by atoms with E-state index in [2.05, 4.69) is 24.3 Å². The number of nitrogens with one attached hydrogen (secondary N) is 1. The van der Waals surface area contributed by atoms with E-state index in [-0.39, 0.29) is 34.7 Å². The van der Waals surface area contributed by atoms with Crippen LogP contribution in [0.15, 0.2) is 35.4 Å². The van der Waals surface area contributed by atoms with E-state index in [0.29, 0.717) is 40.4 Å². The van der Waals surface area contributed by atoms with Crippen molar-refractivity contribution in [2.45, 2.75) is 70.9 Å². The molecular formula is C31H38N6O4S. The first-order chi connectivity index (χ1) is 19.8. The van der Waals surface area contributed by atoms with Gasteiger partial charge in [0.25, 0.3) is 0 Å². The normalized spacial score (nSPS) is 20.1. The first-order valence-electron chi connectivity index (χ1n) is 14.5. The summed E-state index contributed by atoms with van der Waals surface area (Å²) in [7, 11) is -1.78. The van der Waals surface area contributed by atoms with Crippen LogP contribution in [0.5, 0.6) is 0 Å². The summed E-state index contributed by atoms with van der Waals surface area (Å²) >= 11 is 0. The monoisotopic (exact) mass is 590 g/mol. The summed E-state index contributed by atoms with van der Waals surface area (Å²) in [4.78, 5) is 23.1. The largest absolute Gasteiger partial charge is 0.358 e. The highest BCUT2D eigenvalue weighted by Gasteiger charge is 2.50. The number of rotatable bonds is 8. The molecule has 1 N–H and O–H groups in total. The summed E-state index contributed by atoms with van der Waals surface area (Å²) in [5.74, 6) is 0.948. The van der Waals surface area contributed by atoms with Crippen LogP contribution < -0.4 is 5.32 Å². The SMILES string of the molecule is Cc1cn(C)nc1-c1ccc(Nc2cc(CC(=O)C3CC3(C)C)nc3c2nc(C)n3C2CCCCO2)c(S(C)(=O)=O)c1. The first kappa shape index (κ1) is 28.5. The van der Waals surface area contributed by atoms with E-state index in [1.54, 1.807) is 16.8 Å². The Hall–Kier alpha value is -3.57. The maximum atomic E-state index is 13.2. The minimum Gasteiger partial charge on any atom is -0.358 e. The second-order valence-corrected chi connectivity index (χ2v) is 14.5. The van der Waals surface area contributed by atoms with Gasteiger partial charge in [0.15, 0.2) is 15.5 Å². The molecule has 4 heterocycles. The number of carbonyl (C=O) groups excluding carboxylic acids is 1. The number of aryl methyl sites for hydroxylation is 3. The number of hydrogen-bond donors (Lipinski definition) is 1. The lowest BCUT2D eigenvalue weighted by molar-refractivity contribution is -0.120. The molecule has 1 aromatic carbocycles. The second-order valence-electron chi connectivity index (χ2n) is 12.5. The van der Waals surface area contributed by atoms with Crippen LogP contribution >= 0.6 is 0 Å². The quantitative estimate of drug-likeness (QED) is 0.288. The summed E-state index contributed by atoms with van der Waals surface area (Å²) in [5.41, 5.74) is 5.29. The standard InChI is InChI=1S/C31H38N6O4S/c1-18-17-36(5)35-28(18)20-10-11-23(26(13-20)42(6,39)40)34-24-14-21(15-25(38)22-16-31(22,3)4)33-30-29(24)32-19(2)37(30)27-9-7-8-12-41-27/h10-11,13-14,17,22,27H,7-9,12,15-16H2,1-6H3,(H,33,34). The molecule has 0 bridgehead atoms. The van der Waals surface area contributed by atoms with Crippen molar-refractivity contribution in [3.63, 3.8) is 0 Å². The predicted octanol–water partition coefficient (Wildman–Crippen LogP) is 5.45. The van der Waals surface area contributed by atoms with Gasteiger partial charge in [0.2, 0.25) is 0 Å². The molecule has 0 spiro atoms. The van der Waals surface area contributed by atoms with Gasteiger partial charge in [-0.05, 0) is 68.7 Å². The van der Waals surface area contributed by atoms with Crippen molar-refractivity contribution in [3.8, 4) is 11.3 Å². The zero-order valence-electron chi connectivity index (χ0n) is 25.1. The van der Waals surface area contributed by atoms with Crippen molar-refractivity contribution >= 4 is 38.2 Å². The molecule has 0 radical (unpaired) electrons. The number of Topliss-reactive ketones (excluding diaryl/α,β-unsaturated/α-hetero) is 1. The smallest absolute Gasteiger partial charge is 0.177 e. The van der Waals surface area contributed by atoms with Crippen molar-refractivity contribution in [3.05, 3.63) is 47.5 Å². The number of sulfone groups is 1. The number of carbonyl (C=O) groups is 1. The Kier molecular flexibility index (Phi) is 7.00. The molecule has 4 aromatic rings. The molecular weight excluding hydrogens is 552 g/mol. The van der Waals surface area contributed by atoms with Crippen LogP contribution in [0.1, 0.15) is 62.8 Å². The minimum absolute atomic E-state index is 0.0225. The number of pyridine rings is 1. The van der Waals surface area contributed by atoms with Crippen LogP contribution in [-0.4, -0.2) is 51.4 Å². The minimum atomic E-state index is -3.62. The summed E-state index contributed by atoms with van der Waals surface area (Å²) < 4.78 is 35.9. The molecule has 1 aliphatic heterocycles. The summed E-state index contributed by atoms with van der Waals surface area (Å²) in [6, 6.07) is 7.11. The van der Waals surface area contributed by atoms with Gasteiger partial charge < -0.3 is 10.1 Å². The van der Waals surface area contributed by atoms with Crippen molar-refractivity contribution in [1.29, 1.82) is 0 Å². The highest BCUT2D eigenvalue weighted by atomic mass is 32.2. The highest BCUT2D eigenvalue weighted by Crippen LogP contribution is 2.52. The molecule has 1 saturated heterocycles. The lowest BCUT2D eigenvalue weighted by Crippen LogP contribution is -2.19. The van der Waals surface area contributed by atoms with Crippen LogP contribution in [0.25, 0.3) is 22.4 Å². The number of benzene rings is 1. The number of imidazole rings is 1. The Morgan fingerprint density at radius 1 is 1.14 bits per heavy atom. The molecule has 0 amide bonds. The number of aromatic nitrogens is 5. The molecule has 3 aromatic heterocycles. The number of ether oxygens (including phenoxy) is 1. The number of anilines is 2. The molecule has 1 saturated carbocycles. The van der Waals surface area contributed by atoms with Crippen molar-refractivity contribution in [2.24, 2.45) is 18.4 Å². The summed E-state index contributed by atoms with van der Waals surface area (Å²) in [6.45, 7) is 8.76. The van der Waals surface area contributed by atoms with Gasteiger partial charge in [-0.25, -0.2) is 18.4 Å². The first-order valence-corrected chi connectivity index (χ1v) is 16.4. The van der Waals surface area contributed by atoms with E-state index < -0.39 is 9.84 Å². The van der Waals surface area contributed by atoms with Gasteiger partial charge >= 0.3 is 0 Å². The van der Waals surface area contributed by atoms with Crippen LogP contribution in [0.4, 0.5) is 11.4 Å². The molecule has 2 unspecified atom stereocenters. The summed E-state index contributed by atoms with van der Waals surface area (Å²) in [6.07, 6.45) is 6.90. The average molecular weight is 591 g/mol. The lowest BCUT2D eigenvalue weighted by atomic mass is 10.0. The maximum Gasteiger partial charge on any atom is 0.177 e. The summed E-state index contributed by atoms with van der Waals surface area (Å²) in [5, 5.41) is 7.89. The third-order valence-electron chi connectivity index (χ3n) is 8.51. The fourth-order valence-corrected chi connectivity index (χ4v) is 6.98. The number of hydrogen-bond acceptors (Lipinski definition) is 8. The molecule has 2 aliphatic rings. The Morgan fingerprint density at radius 2 is 1.90 bits per heavy atom.